The highest BCUT2D eigenvalue weighted by Gasteiger charge is 2.04. The van der Waals surface area contributed by atoms with Crippen molar-refractivity contribution in [3.63, 3.8) is 0 Å². The zero-order valence-electron chi connectivity index (χ0n) is 7.70. The van der Waals surface area contributed by atoms with Crippen LogP contribution in [0.5, 0.6) is 0 Å². The summed E-state index contributed by atoms with van der Waals surface area (Å²) in [4.78, 5) is 11.5. The lowest BCUT2D eigenvalue weighted by Gasteiger charge is -2.01. The number of nitrogen functional groups attached to an aromatic ring is 1. The van der Waals surface area contributed by atoms with Crippen molar-refractivity contribution in [2.45, 2.75) is 0 Å². The highest BCUT2D eigenvalue weighted by atomic mass is 79.9. The first-order chi connectivity index (χ1) is 7.16. The second kappa shape index (κ2) is 3.86. The lowest BCUT2D eigenvalue weighted by Crippen LogP contribution is -2.12. The SMILES string of the molecule is Nc1cc(-c2cccc(Br)c2)c(=O)[nH]n1. The van der Waals surface area contributed by atoms with Crippen LogP contribution in [0.1, 0.15) is 0 Å². The van der Waals surface area contributed by atoms with Crippen LogP contribution in [0.15, 0.2) is 39.6 Å². The zero-order chi connectivity index (χ0) is 10.8. The molecule has 0 aliphatic rings. The first-order valence-electron chi connectivity index (χ1n) is 4.28. The third-order valence-corrected chi connectivity index (χ3v) is 2.45. The van der Waals surface area contributed by atoms with Gasteiger partial charge in [0.2, 0.25) is 0 Å². The van der Waals surface area contributed by atoms with Crippen molar-refractivity contribution in [2.75, 3.05) is 5.73 Å². The van der Waals surface area contributed by atoms with Crippen LogP contribution in [0.2, 0.25) is 0 Å². The van der Waals surface area contributed by atoms with Crippen molar-refractivity contribution in [2.24, 2.45) is 0 Å². The van der Waals surface area contributed by atoms with Crippen molar-refractivity contribution in [3.8, 4) is 11.1 Å². The van der Waals surface area contributed by atoms with Crippen LogP contribution < -0.4 is 11.3 Å². The number of H-pyrrole nitrogens is 1. The van der Waals surface area contributed by atoms with Crippen LogP contribution >= 0.6 is 15.9 Å². The molecule has 2 rings (SSSR count). The van der Waals surface area contributed by atoms with Gasteiger partial charge in [-0.15, -0.1) is 0 Å². The van der Waals surface area contributed by atoms with E-state index in [1.54, 1.807) is 6.07 Å². The van der Waals surface area contributed by atoms with Crippen LogP contribution in [0.25, 0.3) is 11.1 Å². The molecule has 5 heteroatoms. The smallest absolute Gasteiger partial charge is 0.272 e. The minimum Gasteiger partial charge on any atom is -0.382 e. The molecule has 0 spiro atoms. The summed E-state index contributed by atoms with van der Waals surface area (Å²) in [5, 5.41) is 5.96. The van der Waals surface area contributed by atoms with Gasteiger partial charge in [-0.2, -0.15) is 5.10 Å². The van der Waals surface area contributed by atoms with Gasteiger partial charge in [-0.05, 0) is 23.8 Å². The summed E-state index contributed by atoms with van der Waals surface area (Å²) in [6.07, 6.45) is 0. The molecule has 1 heterocycles. The number of nitrogens with one attached hydrogen (secondary N) is 1. The van der Waals surface area contributed by atoms with Crippen LogP contribution in [-0.4, -0.2) is 10.2 Å². The zero-order valence-corrected chi connectivity index (χ0v) is 9.28. The van der Waals surface area contributed by atoms with Gasteiger partial charge in [0.15, 0.2) is 0 Å². The Balaban J connectivity index is 2.63. The van der Waals surface area contributed by atoms with E-state index in [1.165, 1.54) is 0 Å². The summed E-state index contributed by atoms with van der Waals surface area (Å²) in [6.45, 7) is 0. The van der Waals surface area contributed by atoms with E-state index in [-0.39, 0.29) is 5.56 Å². The van der Waals surface area contributed by atoms with Crippen LogP contribution in [-0.2, 0) is 0 Å². The van der Waals surface area contributed by atoms with E-state index < -0.39 is 0 Å². The average molecular weight is 266 g/mol. The maximum Gasteiger partial charge on any atom is 0.272 e. The highest BCUT2D eigenvalue weighted by molar-refractivity contribution is 9.10. The summed E-state index contributed by atoms with van der Waals surface area (Å²) in [6, 6.07) is 9.00. The number of aromatic nitrogens is 2. The van der Waals surface area contributed by atoms with E-state index in [2.05, 4.69) is 26.1 Å². The summed E-state index contributed by atoms with van der Waals surface area (Å²) in [5.41, 5.74) is 6.58. The number of benzene rings is 1. The third kappa shape index (κ3) is 2.07. The van der Waals surface area contributed by atoms with Gasteiger partial charge in [0.1, 0.15) is 5.82 Å². The predicted octanol–water partition coefficient (Wildman–Crippen LogP) is 1.78. The monoisotopic (exact) mass is 265 g/mol. The van der Waals surface area contributed by atoms with Gasteiger partial charge >= 0.3 is 0 Å². The summed E-state index contributed by atoms with van der Waals surface area (Å²) >= 11 is 3.34. The van der Waals surface area contributed by atoms with Gasteiger partial charge < -0.3 is 5.73 Å². The molecular weight excluding hydrogens is 258 g/mol. The molecule has 0 amide bonds. The topological polar surface area (TPSA) is 71.8 Å². The maximum absolute atomic E-state index is 11.5. The highest BCUT2D eigenvalue weighted by Crippen LogP contribution is 2.20. The largest absolute Gasteiger partial charge is 0.382 e. The summed E-state index contributed by atoms with van der Waals surface area (Å²) < 4.78 is 0.912. The number of halogens is 1. The van der Waals surface area contributed by atoms with Gasteiger partial charge in [0.25, 0.3) is 5.56 Å². The predicted molar refractivity (Wildman–Crippen MR) is 62.4 cm³/mol. The Kier molecular flexibility index (Phi) is 2.55. The number of hydrogen-bond acceptors (Lipinski definition) is 3. The molecule has 0 saturated heterocycles. The Bertz CT molecular complexity index is 550. The number of anilines is 1. The molecule has 0 fully saturated rings. The van der Waals surface area contributed by atoms with Crippen molar-refractivity contribution in [3.05, 3.63) is 45.2 Å². The van der Waals surface area contributed by atoms with Gasteiger partial charge in [0, 0.05) is 4.47 Å². The normalized spacial score (nSPS) is 10.2. The van der Waals surface area contributed by atoms with Gasteiger partial charge in [0.05, 0.1) is 5.56 Å². The van der Waals surface area contributed by atoms with E-state index >= 15 is 0 Å². The van der Waals surface area contributed by atoms with E-state index in [9.17, 15) is 4.79 Å². The molecule has 1 aromatic carbocycles. The van der Waals surface area contributed by atoms with Gasteiger partial charge in [-0.3, -0.25) is 4.79 Å². The summed E-state index contributed by atoms with van der Waals surface area (Å²) in [5.74, 6) is 0.296. The Hall–Kier alpha value is -1.62. The van der Waals surface area contributed by atoms with Crippen molar-refractivity contribution >= 4 is 21.7 Å². The van der Waals surface area contributed by atoms with E-state index in [0.717, 1.165) is 10.0 Å². The Morgan fingerprint density at radius 1 is 1.33 bits per heavy atom. The molecule has 1 aromatic heterocycles. The number of nitrogens with zero attached hydrogens (tertiary/aromatic N) is 1. The number of aromatic amines is 1. The Morgan fingerprint density at radius 3 is 2.87 bits per heavy atom. The Labute approximate surface area is 94.3 Å². The van der Waals surface area contributed by atoms with Crippen molar-refractivity contribution < 1.29 is 0 Å². The lowest BCUT2D eigenvalue weighted by atomic mass is 10.1. The first kappa shape index (κ1) is 9.92. The molecule has 0 bridgehead atoms. The standard InChI is InChI=1S/C10H8BrN3O/c11-7-3-1-2-6(4-7)8-5-9(12)13-14-10(8)15/h1-5H,(H2,12,13)(H,14,15). The fourth-order valence-electron chi connectivity index (χ4n) is 1.29. The molecule has 0 aliphatic carbocycles. The van der Waals surface area contributed by atoms with Gasteiger partial charge in [-0.25, -0.2) is 5.10 Å². The molecule has 0 unspecified atom stereocenters. The number of nitrogens with two attached hydrogens (primary N) is 1. The van der Waals surface area contributed by atoms with Gasteiger partial charge in [-0.1, -0.05) is 28.1 Å². The van der Waals surface area contributed by atoms with Crippen molar-refractivity contribution in [1.82, 2.24) is 10.2 Å². The molecule has 15 heavy (non-hydrogen) atoms. The fourth-order valence-corrected chi connectivity index (χ4v) is 1.69. The fraction of sp³-hybridized carbons (Fsp3) is 0. The quantitative estimate of drug-likeness (QED) is 0.826. The van der Waals surface area contributed by atoms with Crippen molar-refractivity contribution in [1.29, 1.82) is 0 Å². The molecular formula is C10H8BrN3O. The molecule has 0 atom stereocenters. The van der Waals surface area contributed by atoms with E-state index in [4.69, 9.17) is 5.73 Å². The molecule has 2 aromatic rings. The van der Waals surface area contributed by atoms with E-state index in [0.29, 0.717) is 11.4 Å². The maximum atomic E-state index is 11.5. The Morgan fingerprint density at radius 2 is 2.13 bits per heavy atom. The van der Waals surface area contributed by atoms with Crippen LogP contribution in [0, 0.1) is 0 Å². The van der Waals surface area contributed by atoms with E-state index in [1.807, 2.05) is 24.3 Å². The second-order valence-electron chi connectivity index (χ2n) is 3.05. The molecule has 76 valence electrons. The lowest BCUT2D eigenvalue weighted by molar-refractivity contribution is 1.00. The summed E-state index contributed by atoms with van der Waals surface area (Å²) in [7, 11) is 0. The molecule has 0 radical (unpaired) electrons. The minimum atomic E-state index is -0.248. The third-order valence-electron chi connectivity index (χ3n) is 1.96. The molecule has 4 nitrogen and oxygen atoms in total. The minimum absolute atomic E-state index is 0.248. The first-order valence-corrected chi connectivity index (χ1v) is 5.07. The molecule has 0 aliphatic heterocycles. The molecule has 3 N–H and O–H groups in total. The van der Waals surface area contributed by atoms with Crippen LogP contribution in [0.4, 0.5) is 5.82 Å². The molecule has 0 saturated carbocycles. The van der Waals surface area contributed by atoms with Crippen LogP contribution in [0.3, 0.4) is 0 Å². The number of rotatable bonds is 1. The second-order valence-corrected chi connectivity index (χ2v) is 3.96. The average Bonchev–Trinajstić information content (AvgIpc) is 2.22. The number of hydrogen-bond donors (Lipinski definition) is 2.